The Hall–Kier alpha value is -1.81. The Bertz CT molecular complexity index is 863. The van der Waals surface area contributed by atoms with E-state index in [9.17, 15) is 4.79 Å². The second-order valence-electron chi connectivity index (χ2n) is 7.12. The molecule has 0 spiro atoms. The zero-order valence-electron chi connectivity index (χ0n) is 13.5. The lowest BCUT2D eigenvalue weighted by atomic mass is 9.71. The molecule has 0 amide bonds. The van der Waals surface area contributed by atoms with E-state index in [-0.39, 0.29) is 18.0 Å². The maximum Gasteiger partial charge on any atom is 0.151 e. The SMILES string of the molecule is Cc1ccc2c(c1)Oc1cc(Br)ccc1[C@H]1[C@@H]3CC[C@@H](CC3=O)N21. The van der Waals surface area contributed by atoms with Crippen molar-refractivity contribution >= 4 is 27.4 Å². The van der Waals surface area contributed by atoms with Gasteiger partial charge in [0.05, 0.1) is 11.7 Å². The van der Waals surface area contributed by atoms with E-state index in [4.69, 9.17) is 4.74 Å². The molecule has 4 aliphatic rings. The number of carbonyl (C=O) groups excluding carboxylic acids is 1. The van der Waals surface area contributed by atoms with Crippen molar-refractivity contribution in [2.45, 2.75) is 38.3 Å². The predicted molar refractivity (Wildman–Crippen MR) is 96.8 cm³/mol. The molecule has 2 bridgehead atoms. The highest BCUT2D eigenvalue weighted by molar-refractivity contribution is 9.10. The van der Waals surface area contributed by atoms with E-state index in [1.807, 2.05) is 12.1 Å². The lowest BCUT2D eigenvalue weighted by molar-refractivity contribution is -0.128. The molecular weight excluding hydrogens is 366 g/mol. The van der Waals surface area contributed by atoms with Crippen molar-refractivity contribution < 1.29 is 9.53 Å². The average Bonchev–Trinajstić information content (AvgIpc) is 2.69. The lowest BCUT2D eigenvalue weighted by Gasteiger charge is -2.51. The van der Waals surface area contributed by atoms with Crippen molar-refractivity contribution in [3.8, 4) is 11.5 Å². The molecule has 1 saturated carbocycles. The van der Waals surface area contributed by atoms with Gasteiger partial charge in [-0.05, 0) is 49.6 Å². The molecule has 24 heavy (non-hydrogen) atoms. The van der Waals surface area contributed by atoms with Crippen molar-refractivity contribution in [1.82, 2.24) is 0 Å². The molecule has 3 fully saturated rings. The van der Waals surface area contributed by atoms with Crippen LogP contribution in [-0.2, 0) is 4.79 Å². The van der Waals surface area contributed by atoms with E-state index in [1.54, 1.807) is 0 Å². The Morgan fingerprint density at radius 2 is 2.00 bits per heavy atom. The Balaban J connectivity index is 1.78. The van der Waals surface area contributed by atoms with Gasteiger partial charge in [0.1, 0.15) is 11.5 Å². The summed E-state index contributed by atoms with van der Waals surface area (Å²) in [5.74, 6) is 2.25. The third-order valence-electron chi connectivity index (χ3n) is 5.64. The lowest BCUT2D eigenvalue weighted by Crippen LogP contribution is -2.54. The number of piperidine rings is 2. The molecule has 3 aliphatic heterocycles. The van der Waals surface area contributed by atoms with Gasteiger partial charge in [-0.25, -0.2) is 0 Å². The van der Waals surface area contributed by atoms with Crippen LogP contribution < -0.4 is 9.64 Å². The van der Waals surface area contributed by atoms with Gasteiger partial charge in [-0.3, -0.25) is 4.79 Å². The molecule has 4 heteroatoms. The molecule has 2 aromatic carbocycles. The first-order valence-corrected chi connectivity index (χ1v) is 9.30. The molecule has 0 unspecified atom stereocenters. The van der Waals surface area contributed by atoms with Crippen LogP contribution in [0.2, 0.25) is 0 Å². The van der Waals surface area contributed by atoms with Crippen LogP contribution in [-0.4, -0.2) is 11.8 Å². The highest BCUT2D eigenvalue weighted by atomic mass is 79.9. The maximum atomic E-state index is 12.6. The van der Waals surface area contributed by atoms with E-state index < -0.39 is 0 Å². The van der Waals surface area contributed by atoms with Crippen LogP contribution in [0.25, 0.3) is 0 Å². The number of ketones is 1. The normalized spacial score (nSPS) is 27.0. The highest BCUT2D eigenvalue weighted by Crippen LogP contribution is 2.55. The van der Waals surface area contributed by atoms with Crippen molar-refractivity contribution in [2.24, 2.45) is 5.92 Å². The van der Waals surface area contributed by atoms with Gasteiger partial charge >= 0.3 is 0 Å². The first-order valence-electron chi connectivity index (χ1n) is 8.51. The van der Waals surface area contributed by atoms with Crippen LogP contribution >= 0.6 is 15.9 Å². The van der Waals surface area contributed by atoms with E-state index in [0.29, 0.717) is 12.2 Å². The van der Waals surface area contributed by atoms with Crippen LogP contribution in [0, 0.1) is 12.8 Å². The minimum atomic E-state index is 0.0748. The predicted octanol–water partition coefficient (Wildman–Crippen LogP) is 5.16. The number of rotatable bonds is 0. The van der Waals surface area contributed by atoms with Crippen molar-refractivity contribution in [3.63, 3.8) is 0 Å². The van der Waals surface area contributed by atoms with Crippen molar-refractivity contribution in [1.29, 1.82) is 0 Å². The summed E-state index contributed by atoms with van der Waals surface area (Å²) in [6, 6.07) is 13.0. The molecule has 3 nitrogen and oxygen atoms in total. The van der Waals surface area contributed by atoms with Crippen LogP contribution in [0.1, 0.15) is 36.4 Å². The van der Waals surface area contributed by atoms with E-state index in [0.717, 1.165) is 40.1 Å². The topological polar surface area (TPSA) is 29.5 Å². The summed E-state index contributed by atoms with van der Waals surface area (Å²) in [5.41, 5.74) is 3.44. The van der Waals surface area contributed by atoms with Gasteiger partial charge in [0.25, 0.3) is 0 Å². The third-order valence-corrected chi connectivity index (χ3v) is 6.14. The van der Waals surface area contributed by atoms with Crippen LogP contribution in [0.4, 0.5) is 5.69 Å². The molecule has 1 aliphatic carbocycles. The van der Waals surface area contributed by atoms with Gasteiger partial charge in [-0.15, -0.1) is 0 Å². The minimum absolute atomic E-state index is 0.0748. The molecule has 3 atom stereocenters. The summed E-state index contributed by atoms with van der Waals surface area (Å²) in [6.07, 6.45) is 2.74. The second-order valence-corrected chi connectivity index (χ2v) is 8.03. The molecule has 2 saturated heterocycles. The summed E-state index contributed by atoms with van der Waals surface area (Å²) >= 11 is 3.55. The summed E-state index contributed by atoms with van der Waals surface area (Å²) in [6.45, 7) is 2.08. The van der Waals surface area contributed by atoms with Gasteiger partial charge < -0.3 is 9.64 Å². The number of nitrogens with zero attached hydrogens (tertiary/aromatic N) is 1. The number of Topliss-reactive ketones (excluding diaryl/α,β-unsaturated/α-hetero) is 1. The maximum absolute atomic E-state index is 12.6. The zero-order valence-corrected chi connectivity index (χ0v) is 15.0. The van der Waals surface area contributed by atoms with E-state index in [1.165, 1.54) is 5.56 Å². The van der Waals surface area contributed by atoms with Crippen molar-refractivity contribution in [3.05, 3.63) is 52.0 Å². The van der Waals surface area contributed by atoms with Crippen LogP contribution in [0.3, 0.4) is 0 Å². The number of benzene rings is 2. The van der Waals surface area contributed by atoms with Crippen LogP contribution in [0.15, 0.2) is 40.9 Å². The monoisotopic (exact) mass is 383 g/mol. The molecule has 122 valence electrons. The van der Waals surface area contributed by atoms with Crippen molar-refractivity contribution in [2.75, 3.05) is 4.90 Å². The molecule has 0 radical (unpaired) electrons. The van der Waals surface area contributed by atoms with Crippen LogP contribution in [0.5, 0.6) is 11.5 Å². The Morgan fingerprint density at radius 1 is 1.12 bits per heavy atom. The minimum Gasteiger partial charge on any atom is -0.455 e. The standard InChI is InChI=1S/C20H18BrNO2/c1-11-2-7-16-19(8-11)24-18-9-12(21)3-5-15(18)20-14-6-4-13(22(16)20)10-17(14)23/h2-3,5,7-9,13-14,20H,4,6,10H2,1H3/t13-,14+,20+/m0/s1. The van der Waals surface area contributed by atoms with E-state index in [2.05, 4.69) is 52.0 Å². The number of fused-ring (bicyclic) bond motifs is 4. The Labute approximate surface area is 149 Å². The highest BCUT2D eigenvalue weighted by Gasteiger charge is 2.49. The first kappa shape index (κ1) is 14.5. The number of aryl methyl sites for hydroxylation is 1. The fourth-order valence-electron chi connectivity index (χ4n) is 4.60. The summed E-state index contributed by atoms with van der Waals surface area (Å²) in [5, 5.41) is 0. The van der Waals surface area contributed by atoms with E-state index >= 15 is 0 Å². The van der Waals surface area contributed by atoms with Gasteiger partial charge in [-0.1, -0.05) is 28.1 Å². The molecule has 2 aromatic rings. The summed E-state index contributed by atoms with van der Waals surface area (Å²) in [4.78, 5) is 15.1. The Morgan fingerprint density at radius 3 is 2.83 bits per heavy atom. The number of ether oxygens (including phenoxy) is 1. The second kappa shape index (κ2) is 5.09. The zero-order chi connectivity index (χ0) is 16.4. The van der Waals surface area contributed by atoms with Gasteiger partial charge in [0.2, 0.25) is 0 Å². The fourth-order valence-corrected chi connectivity index (χ4v) is 4.94. The Kier molecular flexibility index (Phi) is 3.08. The quantitative estimate of drug-likeness (QED) is 0.628. The van der Waals surface area contributed by atoms with Gasteiger partial charge in [0, 0.05) is 28.4 Å². The first-order chi connectivity index (χ1) is 11.6. The smallest absolute Gasteiger partial charge is 0.151 e. The number of anilines is 1. The molecule has 0 N–H and O–H groups in total. The number of carbonyl (C=O) groups is 1. The van der Waals surface area contributed by atoms with Gasteiger partial charge in [0.15, 0.2) is 5.75 Å². The molecule has 6 rings (SSSR count). The number of hydrogen-bond acceptors (Lipinski definition) is 3. The average molecular weight is 384 g/mol. The number of hydrogen-bond donors (Lipinski definition) is 0. The summed E-state index contributed by atoms with van der Waals surface area (Å²) in [7, 11) is 0. The fraction of sp³-hybridized carbons (Fsp3) is 0.350. The molecule has 0 aromatic heterocycles. The number of halogens is 1. The molecular formula is C20H18BrNO2. The molecule has 3 heterocycles. The largest absolute Gasteiger partial charge is 0.455 e. The third kappa shape index (κ3) is 1.99. The van der Waals surface area contributed by atoms with Gasteiger partial charge in [-0.2, -0.15) is 0 Å². The summed E-state index contributed by atoms with van der Waals surface area (Å²) < 4.78 is 7.33.